The largest absolute Gasteiger partial charge is 0.377 e. The van der Waals surface area contributed by atoms with Crippen molar-refractivity contribution in [3.63, 3.8) is 0 Å². The molecule has 1 aromatic rings. The van der Waals surface area contributed by atoms with E-state index >= 15 is 0 Å². The van der Waals surface area contributed by atoms with Gasteiger partial charge in [-0.3, -0.25) is 0 Å². The summed E-state index contributed by atoms with van der Waals surface area (Å²) in [4.78, 5) is 0. The van der Waals surface area contributed by atoms with Crippen LogP contribution in [0.3, 0.4) is 0 Å². The van der Waals surface area contributed by atoms with Crippen LogP contribution in [0.2, 0.25) is 5.02 Å². The molecule has 0 spiro atoms. The number of ether oxygens (including phenoxy) is 1. The molecular formula is C14H22ClNO. The molecule has 1 rings (SSSR count). The van der Waals surface area contributed by atoms with Crippen LogP contribution in [-0.4, -0.2) is 19.7 Å². The molecule has 2 nitrogen and oxygen atoms in total. The molecule has 1 N–H and O–H groups in total. The van der Waals surface area contributed by atoms with E-state index in [0.717, 1.165) is 31.1 Å². The molecule has 0 aliphatic rings. The van der Waals surface area contributed by atoms with Crippen LogP contribution in [0.25, 0.3) is 0 Å². The van der Waals surface area contributed by atoms with Crippen LogP contribution in [0, 0.1) is 0 Å². The lowest BCUT2D eigenvalue weighted by atomic mass is 10.2. The SMILES string of the molecule is CCNCCCCCOCc1ccc(Cl)cc1. The molecule has 0 radical (unpaired) electrons. The first-order valence-corrected chi connectivity index (χ1v) is 6.73. The summed E-state index contributed by atoms with van der Waals surface area (Å²) in [6.45, 7) is 5.84. The van der Waals surface area contributed by atoms with Crippen LogP contribution in [0.1, 0.15) is 31.7 Å². The first-order valence-electron chi connectivity index (χ1n) is 6.36. The maximum Gasteiger partial charge on any atom is 0.0716 e. The molecule has 0 aliphatic carbocycles. The normalized spacial score (nSPS) is 10.7. The summed E-state index contributed by atoms with van der Waals surface area (Å²) < 4.78 is 5.60. The smallest absolute Gasteiger partial charge is 0.0716 e. The quantitative estimate of drug-likeness (QED) is 0.681. The zero-order valence-corrected chi connectivity index (χ0v) is 11.3. The molecule has 0 fully saturated rings. The van der Waals surface area contributed by atoms with Crippen molar-refractivity contribution < 1.29 is 4.74 Å². The highest BCUT2D eigenvalue weighted by molar-refractivity contribution is 6.30. The van der Waals surface area contributed by atoms with E-state index in [4.69, 9.17) is 16.3 Å². The van der Waals surface area contributed by atoms with Gasteiger partial charge in [-0.1, -0.05) is 30.7 Å². The summed E-state index contributed by atoms with van der Waals surface area (Å²) in [6.07, 6.45) is 3.60. The maximum absolute atomic E-state index is 5.81. The monoisotopic (exact) mass is 255 g/mol. The van der Waals surface area contributed by atoms with Gasteiger partial charge in [0.05, 0.1) is 6.61 Å². The minimum Gasteiger partial charge on any atom is -0.377 e. The number of unbranched alkanes of at least 4 members (excludes halogenated alkanes) is 2. The molecule has 0 atom stereocenters. The Kier molecular flexibility index (Phi) is 8.06. The molecule has 0 saturated carbocycles. The van der Waals surface area contributed by atoms with Crippen LogP contribution in [0.4, 0.5) is 0 Å². The Morgan fingerprint density at radius 3 is 2.59 bits per heavy atom. The highest BCUT2D eigenvalue weighted by Gasteiger charge is 1.94. The summed E-state index contributed by atoms with van der Waals surface area (Å²) in [5.41, 5.74) is 1.18. The van der Waals surface area contributed by atoms with Gasteiger partial charge in [0.25, 0.3) is 0 Å². The fraction of sp³-hybridized carbons (Fsp3) is 0.571. The van der Waals surface area contributed by atoms with Gasteiger partial charge in [0.1, 0.15) is 0 Å². The summed E-state index contributed by atoms with van der Waals surface area (Å²) in [6, 6.07) is 7.81. The molecule has 0 aliphatic heterocycles. The lowest BCUT2D eigenvalue weighted by Gasteiger charge is -2.05. The minimum absolute atomic E-state index is 0.685. The van der Waals surface area contributed by atoms with Gasteiger partial charge in [0, 0.05) is 11.6 Å². The number of halogens is 1. The molecule has 96 valence electrons. The molecule has 0 heterocycles. The van der Waals surface area contributed by atoms with Gasteiger partial charge < -0.3 is 10.1 Å². The molecule has 17 heavy (non-hydrogen) atoms. The summed E-state index contributed by atoms with van der Waals surface area (Å²) >= 11 is 5.81. The topological polar surface area (TPSA) is 21.3 Å². The van der Waals surface area contributed by atoms with Gasteiger partial charge in [-0.05, 0) is 50.0 Å². The Morgan fingerprint density at radius 1 is 1.12 bits per heavy atom. The van der Waals surface area contributed by atoms with Crippen LogP contribution in [0.15, 0.2) is 24.3 Å². The second kappa shape index (κ2) is 9.46. The molecule has 0 unspecified atom stereocenters. The van der Waals surface area contributed by atoms with Gasteiger partial charge in [0.2, 0.25) is 0 Å². The Hall–Kier alpha value is -0.570. The number of nitrogens with one attached hydrogen (secondary N) is 1. The lowest BCUT2D eigenvalue weighted by Crippen LogP contribution is -2.13. The van der Waals surface area contributed by atoms with Crippen LogP contribution in [-0.2, 0) is 11.3 Å². The Morgan fingerprint density at radius 2 is 1.88 bits per heavy atom. The number of hydrogen-bond donors (Lipinski definition) is 1. The maximum atomic E-state index is 5.81. The fourth-order valence-electron chi connectivity index (χ4n) is 1.58. The van der Waals surface area contributed by atoms with Crippen LogP contribution in [0.5, 0.6) is 0 Å². The van der Waals surface area contributed by atoms with Gasteiger partial charge >= 0.3 is 0 Å². The van der Waals surface area contributed by atoms with Gasteiger partial charge in [-0.25, -0.2) is 0 Å². The molecule has 0 saturated heterocycles. The van der Waals surface area contributed by atoms with Gasteiger partial charge in [0.15, 0.2) is 0 Å². The first-order chi connectivity index (χ1) is 8.33. The van der Waals surface area contributed by atoms with Crippen LogP contribution < -0.4 is 5.32 Å². The van der Waals surface area contributed by atoms with Crippen molar-refractivity contribution in [1.82, 2.24) is 5.32 Å². The van der Waals surface area contributed by atoms with E-state index in [1.54, 1.807) is 0 Å². The van der Waals surface area contributed by atoms with E-state index in [2.05, 4.69) is 12.2 Å². The molecule has 0 amide bonds. The highest BCUT2D eigenvalue weighted by Crippen LogP contribution is 2.10. The summed E-state index contributed by atoms with van der Waals surface area (Å²) in [5.74, 6) is 0. The standard InChI is InChI=1S/C14H22ClNO/c1-2-16-10-4-3-5-11-17-12-13-6-8-14(15)9-7-13/h6-9,16H,2-5,10-12H2,1H3. The fourth-order valence-corrected chi connectivity index (χ4v) is 1.70. The van der Waals surface area contributed by atoms with E-state index in [0.29, 0.717) is 6.61 Å². The lowest BCUT2D eigenvalue weighted by molar-refractivity contribution is 0.117. The molecule has 0 aromatic heterocycles. The van der Waals surface area contributed by atoms with Crippen molar-refractivity contribution in [2.45, 2.75) is 32.8 Å². The average molecular weight is 256 g/mol. The Labute approximate surface area is 109 Å². The van der Waals surface area contributed by atoms with Crippen molar-refractivity contribution >= 4 is 11.6 Å². The van der Waals surface area contributed by atoms with E-state index in [1.165, 1.54) is 18.4 Å². The molecule has 3 heteroatoms. The second-order valence-electron chi connectivity index (χ2n) is 4.09. The summed E-state index contributed by atoms with van der Waals surface area (Å²) in [7, 11) is 0. The van der Waals surface area contributed by atoms with Crippen LogP contribution >= 0.6 is 11.6 Å². The number of rotatable bonds is 9. The van der Waals surface area contributed by atoms with Crippen molar-refractivity contribution in [1.29, 1.82) is 0 Å². The predicted octanol–water partition coefficient (Wildman–Crippen LogP) is 3.64. The van der Waals surface area contributed by atoms with Crippen molar-refractivity contribution in [3.05, 3.63) is 34.9 Å². The third-order valence-electron chi connectivity index (χ3n) is 2.57. The van der Waals surface area contributed by atoms with Gasteiger partial charge in [-0.15, -0.1) is 0 Å². The highest BCUT2D eigenvalue weighted by atomic mass is 35.5. The van der Waals surface area contributed by atoms with E-state index in [9.17, 15) is 0 Å². The summed E-state index contributed by atoms with van der Waals surface area (Å²) in [5, 5.41) is 4.09. The van der Waals surface area contributed by atoms with Gasteiger partial charge in [-0.2, -0.15) is 0 Å². The second-order valence-corrected chi connectivity index (χ2v) is 4.53. The minimum atomic E-state index is 0.685. The average Bonchev–Trinajstić information content (AvgIpc) is 2.35. The van der Waals surface area contributed by atoms with Crippen molar-refractivity contribution in [2.75, 3.05) is 19.7 Å². The molecule has 1 aromatic carbocycles. The zero-order chi connectivity index (χ0) is 12.3. The number of hydrogen-bond acceptors (Lipinski definition) is 2. The zero-order valence-electron chi connectivity index (χ0n) is 10.5. The first kappa shape index (κ1) is 14.5. The third kappa shape index (κ3) is 7.37. The van der Waals surface area contributed by atoms with Crippen molar-refractivity contribution in [3.8, 4) is 0 Å². The molecule has 0 bridgehead atoms. The molecular weight excluding hydrogens is 234 g/mol. The van der Waals surface area contributed by atoms with E-state index in [-0.39, 0.29) is 0 Å². The van der Waals surface area contributed by atoms with Crippen molar-refractivity contribution in [2.24, 2.45) is 0 Å². The Balaban J connectivity index is 1.95. The predicted molar refractivity (Wildman–Crippen MR) is 73.5 cm³/mol. The van der Waals surface area contributed by atoms with E-state index < -0.39 is 0 Å². The third-order valence-corrected chi connectivity index (χ3v) is 2.83. The Bertz CT molecular complexity index is 287. The van der Waals surface area contributed by atoms with E-state index in [1.807, 2.05) is 24.3 Å². The number of benzene rings is 1.